The lowest BCUT2D eigenvalue weighted by Crippen LogP contribution is -1.95. The van der Waals surface area contributed by atoms with Gasteiger partial charge in [-0.25, -0.2) is 4.99 Å². The van der Waals surface area contributed by atoms with E-state index >= 15 is 0 Å². The fraction of sp³-hybridized carbons (Fsp3) is 0.125. The first-order valence-corrected chi connectivity index (χ1v) is 3.33. The van der Waals surface area contributed by atoms with E-state index in [2.05, 4.69) is 9.98 Å². The average Bonchev–Trinajstić information content (AvgIpc) is 2.32. The Morgan fingerprint density at radius 1 is 1.36 bits per heavy atom. The van der Waals surface area contributed by atoms with E-state index in [-0.39, 0.29) is 5.91 Å². The second-order valence-corrected chi connectivity index (χ2v) is 2.45. The Hall–Kier alpha value is -1.51. The number of hydrogen-bond donors (Lipinski definition) is 0. The van der Waals surface area contributed by atoms with Crippen molar-refractivity contribution in [2.45, 2.75) is 6.92 Å². The van der Waals surface area contributed by atoms with E-state index in [4.69, 9.17) is 0 Å². The quantitative estimate of drug-likeness (QED) is 0.547. The topological polar surface area (TPSA) is 42.3 Å². The van der Waals surface area contributed by atoms with Gasteiger partial charge in [0.15, 0.2) is 0 Å². The van der Waals surface area contributed by atoms with E-state index < -0.39 is 0 Å². The number of fused-ring (bicyclic) bond motifs is 1. The van der Waals surface area contributed by atoms with Gasteiger partial charge >= 0.3 is 0 Å². The molecule has 11 heavy (non-hydrogen) atoms. The Morgan fingerprint density at radius 2 is 2.18 bits per heavy atom. The fourth-order valence-electron chi connectivity index (χ4n) is 1.05. The van der Waals surface area contributed by atoms with Gasteiger partial charge in [0.05, 0.1) is 17.5 Å². The lowest BCUT2D eigenvalue weighted by atomic mass is 10.2. The van der Waals surface area contributed by atoms with Crippen molar-refractivity contribution >= 4 is 12.1 Å². The third kappa shape index (κ3) is 0.852. The summed E-state index contributed by atoms with van der Waals surface area (Å²) in [5.74, 6) is -0.187. The smallest absolute Gasteiger partial charge is 0.267 e. The molecular formula is C8H6N2O. The molecule has 0 aromatic carbocycles. The molecule has 0 spiro atoms. The number of carbonyl (C=O) groups is 1. The first-order chi connectivity index (χ1) is 5.27. The van der Waals surface area contributed by atoms with Gasteiger partial charge in [-0.1, -0.05) is 0 Å². The van der Waals surface area contributed by atoms with Crippen LogP contribution in [0.5, 0.6) is 0 Å². The van der Waals surface area contributed by atoms with Crippen LogP contribution < -0.4 is 0 Å². The van der Waals surface area contributed by atoms with E-state index in [1.54, 1.807) is 6.07 Å². The predicted octanol–water partition coefficient (Wildman–Crippen LogP) is 0.963. The van der Waals surface area contributed by atoms with Crippen LogP contribution in [0.25, 0.3) is 0 Å². The monoisotopic (exact) mass is 146 g/mol. The molecule has 1 aromatic rings. The van der Waals surface area contributed by atoms with E-state index in [0.717, 1.165) is 5.69 Å². The Balaban J connectivity index is 2.66. The van der Waals surface area contributed by atoms with Crippen LogP contribution in [-0.4, -0.2) is 17.1 Å². The van der Waals surface area contributed by atoms with Gasteiger partial charge < -0.3 is 0 Å². The number of aromatic nitrogens is 1. The molecule has 1 amide bonds. The molecule has 0 saturated heterocycles. The van der Waals surface area contributed by atoms with Gasteiger partial charge in [0.2, 0.25) is 0 Å². The highest BCUT2D eigenvalue weighted by molar-refractivity contribution is 6.11. The van der Waals surface area contributed by atoms with Crippen LogP contribution in [0.2, 0.25) is 0 Å². The molecule has 0 atom stereocenters. The molecule has 0 bridgehead atoms. The van der Waals surface area contributed by atoms with Crippen molar-refractivity contribution in [1.82, 2.24) is 4.98 Å². The van der Waals surface area contributed by atoms with E-state index in [1.165, 1.54) is 6.21 Å². The fourth-order valence-corrected chi connectivity index (χ4v) is 1.05. The SMILES string of the molecule is Cc1ccc2c(n1)C=NC2=O. The minimum absolute atomic E-state index is 0.187. The van der Waals surface area contributed by atoms with Crippen molar-refractivity contribution in [1.29, 1.82) is 0 Å². The minimum Gasteiger partial charge on any atom is -0.267 e. The van der Waals surface area contributed by atoms with Crippen LogP contribution in [0, 0.1) is 6.92 Å². The van der Waals surface area contributed by atoms with Crippen LogP contribution in [0.4, 0.5) is 0 Å². The predicted molar refractivity (Wildman–Crippen MR) is 40.9 cm³/mol. The van der Waals surface area contributed by atoms with Crippen molar-refractivity contribution in [3.05, 3.63) is 29.1 Å². The highest BCUT2D eigenvalue weighted by atomic mass is 16.1. The Bertz CT molecular complexity index is 355. The number of aliphatic imine (C=N–C) groups is 1. The zero-order chi connectivity index (χ0) is 7.84. The average molecular weight is 146 g/mol. The summed E-state index contributed by atoms with van der Waals surface area (Å²) in [4.78, 5) is 18.7. The molecule has 0 unspecified atom stereocenters. The molecule has 3 nitrogen and oxygen atoms in total. The number of pyridine rings is 1. The number of aryl methyl sites for hydroxylation is 1. The van der Waals surface area contributed by atoms with Crippen molar-refractivity contribution in [2.75, 3.05) is 0 Å². The molecule has 54 valence electrons. The summed E-state index contributed by atoms with van der Waals surface area (Å²) < 4.78 is 0. The maximum Gasteiger partial charge on any atom is 0.279 e. The molecule has 2 heterocycles. The Morgan fingerprint density at radius 3 is 3.00 bits per heavy atom. The third-order valence-electron chi connectivity index (χ3n) is 1.60. The Kier molecular flexibility index (Phi) is 1.12. The summed E-state index contributed by atoms with van der Waals surface area (Å²) in [5, 5.41) is 0. The summed E-state index contributed by atoms with van der Waals surface area (Å²) in [6.45, 7) is 1.89. The molecule has 1 aliphatic rings. The first kappa shape index (κ1) is 6.22. The van der Waals surface area contributed by atoms with Gasteiger partial charge in [-0.05, 0) is 19.1 Å². The summed E-state index contributed by atoms with van der Waals surface area (Å²) in [6, 6.07) is 3.57. The van der Waals surface area contributed by atoms with Crippen molar-refractivity contribution in [3.63, 3.8) is 0 Å². The lowest BCUT2D eigenvalue weighted by Gasteiger charge is -1.94. The normalized spacial score (nSPS) is 13.7. The van der Waals surface area contributed by atoms with Crippen molar-refractivity contribution in [3.8, 4) is 0 Å². The maximum atomic E-state index is 10.9. The molecule has 0 aliphatic carbocycles. The van der Waals surface area contributed by atoms with Gasteiger partial charge in [-0.15, -0.1) is 0 Å². The van der Waals surface area contributed by atoms with E-state index in [9.17, 15) is 4.79 Å². The number of nitrogens with zero attached hydrogens (tertiary/aromatic N) is 2. The summed E-state index contributed by atoms with van der Waals surface area (Å²) in [7, 11) is 0. The molecular weight excluding hydrogens is 140 g/mol. The molecule has 0 radical (unpaired) electrons. The van der Waals surface area contributed by atoms with Crippen LogP contribution in [-0.2, 0) is 0 Å². The van der Waals surface area contributed by atoms with Gasteiger partial charge in [-0.2, -0.15) is 0 Å². The largest absolute Gasteiger partial charge is 0.279 e. The van der Waals surface area contributed by atoms with Crippen LogP contribution in [0.15, 0.2) is 17.1 Å². The molecule has 2 rings (SSSR count). The summed E-state index contributed by atoms with van der Waals surface area (Å²) >= 11 is 0. The van der Waals surface area contributed by atoms with Crippen molar-refractivity contribution in [2.24, 2.45) is 4.99 Å². The zero-order valence-electron chi connectivity index (χ0n) is 6.03. The molecule has 3 heteroatoms. The maximum absolute atomic E-state index is 10.9. The zero-order valence-corrected chi connectivity index (χ0v) is 6.03. The highest BCUT2D eigenvalue weighted by Crippen LogP contribution is 2.11. The third-order valence-corrected chi connectivity index (χ3v) is 1.60. The Labute approximate surface area is 63.8 Å². The van der Waals surface area contributed by atoms with E-state index in [1.807, 2.05) is 13.0 Å². The lowest BCUT2D eigenvalue weighted by molar-refractivity contribution is 0.101. The number of hydrogen-bond acceptors (Lipinski definition) is 2. The summed E-state index contributed by atoms with van der Waals surface area (Å²) in [6.07, 6.45) is 1.50. The molecule has 1 aromatic heterocycles. The second-order valence-electron chi connectivity index (χ2n) is 2.45. The van der Waals surface area contributed by atoms with Crippen molar-refractivity contribution < 1.29 is 4.79 Å². The number of rotatable bonds is 0. The molecule has 0 fully saturated rings. The highest BCUT2D eigenvalue weighted by Gasteiger charge is 2.15. The molecule has 0 saturated carbocycles. The number of amides is 1. The second kappa shape index (κ2) is 1.99. The standard InChI is InChI=1S/C8H6N2O/c1-5-2-3-6-7(10-5)4-9-8(6)11/h2-4H,1H3. The van der Waals surface area contributed by atoms with Gasteiger partial charge in [0.1, 0.15) is 0 Å². The van der Waals surface area contributed by atoms with Gasteiger partial charge in [-0.3, -0.25) is 9.78 Å². The van der Waals surface area contributed by atoms with E-state index in [0.29, 0.717) is 11.3 Å². The van der Waals surface area contributed by atoms with Crippen LogP contribution >= 0.6 is 0 Å². The number of carbonyl (C=O) groups excluding carboxylic acids is 1. The van der Waals surface area contributed by atoms with Crippen LogP contribution in [0.1, 0.15) is 21.7 Å². The molecule has 0 N–H and O–H groups in total. The minimum atomic E-state index is -0.187. The van der Waals surface area contributed by atoms with Gasteiger partial charge in [0, 0.05) is 5.69 Å². The van der Waals surface area contributed by atoms with Crippen LogP contribution in [0.3, 0.4) is 0 Å². The summed E-state index contributed by atoms with van der Waals surface area (Å²) in [5.41, 5.74) is 2.20. The van der Waals surface area contributed by atoms with Gasteiger partial charge in [0.25, 0.3) is 5.91 Å². The molecule has 1 aliphatic heterocycles. The first-order valence-electron chi connectivity index (χ1n) is 3.33.